The third kappa shape index (κ3) is 3.71. The predicted molar refractivity (Wildman–Crippen MR) is 42.0 cm³/mol. The van der Waals surface area contributed by atoms with Gasteiger partial charge < -0.3 is 5.41 Å². The summed E-state index contributed by atoms with van der Waals surface area (Å²) in [5.41, 5.74) is 1.15. The Morgan fingerprint density at radius 2 is 2.33 bits per heavy atom. The lowest BCUT2D eigenvalue weighted by Crippen LogP contribution is -1.76. The van der Waals surface area contributed by atoms with Crippen molar-refractivity contribution in [2.45, 2.75) is 19.8 Å². The van der Waals surface area contributed by atoms with E-state index in [0.29, 0.717) is 0 Å². The van der Waals surface area contributed by atoms with E-state index in [9.17, 15) is 0 Å². The van der Waals surface area contributed by atoms with Crippen molar-refractivity contribution in [1.29, 1.82) is 5.41 Å². The fraction of sp³-hybridized carbons (Fsp3) is 0.375. The van der Waals surface area contributed by atoms with Crippen molar-refractivity contribution in [2.75, 3.05) is 0 Å². The molecule has 0 bridgehead atoms. The molecule has 0 spiro atoms. The van der Waals surface area contributed by atoms with Crippen LogP contribution < -0.4 is 0 Å². The number of rotatable bonds is 4. The van der Waals surface area contributed by atoms with Crippen LogP contribution in [-0.4, -0.2) is 6.21 Å². The van der Waals surface area contributed by atoms with Gasteiger partial charge in [0, 0.05) is 6.21 Å². The summed E-state index contributed by atoms with van der Waals surface area (Å²) in [4.78, 5) is 0. The second kappa shape index (κ2) is 5.29. The maximum atomic E-state index is 6.77. The van der Waals surface area contributed by atoms with Crippen LogP contribution in [0.4, 0.5) is 0 Å². The van der Waals surface area contributed by atoms with Crippen LogP contribution in [0.5, 0.6) is 0 Å². The van der Waals surface area contributed by atoms with Crippen LogP contribution in [0.2, 0.25) is 0 Å². The number of allylic oxidation sites excluding steroid dienone is 3. The zero-order chi connectivity index (χ0) is 7.11. The van der Waals surface area contributed by atoms with E-state index in [1.165, 1.54) is 6.21 Å². The van der Waals surface area contributed by atoms with E-state index < -0.39 is 0 Å². The minimum Gasteiger partial charge on any atom is -0.309 e. The van der Waals surface area contributed by atoms with E-state index in [-0.39, 0.29) is 0 Å². The summed E-state index contributed by atoms with van der Waals surface area (Å²) >= 11 is 0. The number of hydrogen-bond donors (Lipinski definition) is 1. The SMILES string of the molecule is C=C/C(=C\C=N)CCC. The Morgan fingerprint density at radius 3 is 2.67 bits per heavy atom. The molecule has 0 saturated heterocycles. The molecule has 0 rings (SSSR count). The Hall–Kier alpha value is -0.850. The molecule has 1 N–H and O–H groups in total. The largest absolute Gasteiger partial charge is 0.309 e. The fourth-order valence-corrected chi connectivity index (χ4v) is 0.649. The topological polar surface area (TPSA) is 23.9 Å². The molecule has 0 amide bonds. The summed E-state index contributed by atoms with van der Waals surface area (Å²) < 4.78 is 0. The molecule has 0 atom stereocenters. The van der Waals surface area contributed by atoms with Crippen molar-refractivity contribution in [3.8, 4) is 0 Å². The van der Waals surface area contributed by atoms with E-state index in [0.717, 1.165) is 18.4 Å². The highest BCUT2D eigenvalue weighted by atomic mass is 14.3. The Morgan fingerprint density at radius 1 is 1.67 bits per heavy atom. The van der Waals surface area contributed by atoms with Gasteiger partial charge in [-0.1, -0.05) is 26.0 Å². The second-order valence-corrected chi connectivity index (χ2v) is 1.86. The minimum atomic E-state index is 1.03. The molecule has 0 radical (unpaired) electrons. The van der Waals surface area contributed by atoms with Crippen LogP contribution in [0.15, 0.2) is 24.3 Å². The number of hydrogen-bond acceptors (Lipinski definition) is 1. The lowest BCUT2D eigenvalue weighted by atomic mass is 10.1. The number of nitrogens with one attached hydrogen (secondary N) is 1. The van der Waals surface area contributed by atoms with E-state index in [2.05, 4.69) is 13.5 Å². The van der Waals surface area contributed by atoms with Gasteiger partial charge in [-0.25, -0.2) is 0 Å². The molecule has 0 unspecified atom stereocenters. The van der Waals surface area contributed by atoms with Crippen molar-refractivity contribution in [1.82, 2.24) is 0 Å². The van der Waals surface area contributed by atoms with Gasteiger partial charge in [0.25, 0.3) is 0 Å². The summed E-state index contributed by atoms with van der Waals surface area (Å²) in [6, 6.07) is 0. The van der Waals surface area contributed by atoms with Gasteiger partial charge in [0.2, 0.25) is 0 Å². The van der Waals surface area contributed by atoms with Crippen LogP contribution in [-0.2, 0) is 0 Å². The summed E-state index contributed by atoms with van der Waals surface area (Å²) in [5.74, 6) is 0. The van der Waals surface area contributed by atoms with Gasteiger partial charge in [0.15, 0.2) is 0 Å². The van der Waals surface area contributed by atoms with Crippen molar-refractivity contribution in [3.63, 3.8) is 0 Å². The lowest BCUT2D eigenvalue weighted by molar-refractivity contribution is 0.928. The highest BCUT2D eigenvalue weighted by Gasteiger charge is 1.84. The van der Waals surface area contributed by atoms with Crippen molar-refractivity contribution in [3.05, 3.63) is 24.3 Å². The molecule has 1 heteroatoms. The third-order valence-electron chi connectivity index (χ3n) is 1.10. The Bertz CT molecular complexity index is 123. The van der Waals surface area contributed by atoms with Gasteiger partial charge in [0.1, 0.15) is 0 Å². The summed E-state index contributed by atoms with van der Waals surface area (Å²) in [7, 11) is 0. The average Bonchev–Trinajstić information content (AvgIpc) is 1.88. The maximum Gasteiger partial charge on any atom is 0.0180 e. The molecule has 0 fully saturated rings. The average molecular weight is 123 g/mol. The highest BCUT2D eigenvalue weighted by molar-refractivity contribution is 5.69. The summed E-state index contributed by atoms with van der Waals surface area (Å²) in [6.45, 7) is 5.74. The first-order chi connectivity index (χ1) is 4.35. The second-order valence-electron chi connectivity index (χ2n) is 1.86. The van der Waals surface area contributed by atoms with Gasteiger partial charge in [-0.15, -0.1) is 0 Å². The van der Waals surface area contributed by atoms with Crippen molar-refractivity contribution >= 4 is 6.21 Å². The molecule has 0 aromatic carbocycles. The Labute approximate surface area is 56.6 Å². The van der Waals surface area contributed by atoms with Crippen LogP contribution in [0.1, 0.15) is 19.8 Å². The zero-order valence-electron chi connectivity index (χ0n) is 5.85. The zero-order valence-corrected chi connectivity index (χ0v) is 5.85. The van der Waals surface area contributed by atoms with Gasteiger partial charge >= 0.3 is 0 Å². The summed E-state index contributed by atoms with van der Waals surface area (Å²) in [6.07, 6.45) is 7.02. The Kier molecular flexibility index (Phi) is 4.79. The minimum absolute atomic E-state index is 1.03. The molecule has 0 aliphatic heterocycles. The molecular formula is C8H13N. The standard InChI is InChI=1S/C8H13N/c1-3-5-8(4-2)6-7-9/h4,6-7,9H,2-3,5H2,1H3/b8-6+,9-7?. The van der Waals surface area contributed by atoms with Crippen molar-refractivity contribution < 1.29 is 0 Å². The first-order valence-corrected chi connectivity index (χ1v) is 3.17. The molecule has 0 heterocycles. The molecule has 50 valence electrons. The summed E-state index contributed by atoms with van der Waals surface area (Å²) in [5, 5.41) is 6.77. The Balaban J connectivity index is 3.80. The molecule has 0 aromatic heterocycles. The van der Waals surface area contributed by atoms with E-state index >= 15 is 0 Å². The van der Waals surface area contributed by atoms with Gasteiger partial charge in [0.05, 0.1) is 0 Å². The molecule has 0 aromatic rings. The maximum absolute atomic E-state index is 6.77. The van der Waals surface area contributed by atoms with Gasteiger partial charge in [-0.2, -0.15) is 0 Å². The van der Waals surface area contributed by atoms with Gasteiger partial charge in [-0.05, 0) is 18.1 Å². The fourth-order valence-electron chi connectivity index (χ4n) is 0.649. The first kappa shape index (κ1) is 8.15. The van der Waals surface area contributed by atoms with E-state index in [1.54, 1.807) is 12.2 Å². The molecule has 0 saturated carbocycles. The molecule has 0 aliphatic rings. The van der Waals surface area contributed by atoms with Crippen LogP contribution >= 0.6 is 0 Å². The normalized spacial score (nSPS) is 11.0. The van der Waals surface area contributed by atoms with Crippen LogP contribution in [0.3, 0.4) is 0 Å². The quantitative estimate of drug-likeness (QED) is 0.439. The first-order valence-electron chi connectivity index (χ1n) is 3.17. The lowest BCUT2D eigenvalue weighted by Gasteiger charge is -1.93. The third-order valence-corrected chi connectivity index (χ3v) is 1.10. The molecule has 9 heavy (non-hydrogen) atoms. The van der Waals surface area contributed by atoms with Crippen molar-refractivity contribution in [2.24, 2.45) is 0 Å². The predicted octanol–water partition coefficient (Wildman–Crippen LogP) is 2.55. The van der Waals surface area contributed by atoms with Crippen LogP contribution in [0, 0.1) is 5.41 Å². The highest BCUT2D eigenvalue weighted by Crippen LogP contribution is 2.03. The molecule has 0 aliphatic carbocycles. The van der Waals surface area contributed by atoms with E-state index in [4.69, 9.17) is 5.41 Å². The smallest absolute Gasteiger partial charge is 0.0180 e. The van der Waals surface area contributed by atoms with Crippen LogP contribution in [0.25, 0.3) is 0 Å². The molecule has 1 nitrogen and oxygen atoms in total. The molecular weight excluding hydrogens is 110 g/mol. The van der Waals surface area contributed by atoms with E-state index in [1.807, 2.05) is 0 Å². The van der Waals surface area contributed by atoms with Gasteiger partial charge in [-0.3, -0.25) is 0 Å². The monoisotopic (exact) mass is 123 g/mol.